The molecule has 0 heterocycles. The Hall–Kier alpha value is -1.79. The second kappa shape index (κ2) is 5.94. The number of hydrogen-bond acceptors (Lipinski definition) is 3. The molecule has 3 heteroatoms. The number of nitrogens with zero attached hydrogens (tertiary/aromatic N) is 2. The number of rotatable bonds is 5. The average molecular weight is 216 g/mol. The SMILES string of the molecule is C=CCN(CCO)c1c(C)cccc1C#N. The van der Waals surface area contributed by atoms with Crippen molar-refractivity contribution in [1.82, 2.24) is 0 Å². The van der Waals surface area contributed by atoms with Gasteiger partial charge in [0.1, 0.15) is 6.07 Å². The molecule has 0 fully saturated rings. The highest BCUT2D eigenvalue weighted by atomic mass is 16.3. The van der Waals surface area contributed by atoms with Crippen molar-refractivity contribution in [3.05, 3.63) is 42.0 Å². The van der Waals surface area contributed by atoms with Crippen molar-refractivity contribution >= 4 is 5.69 Å². The lowest BCUT2D eigenvalue weighted by molar-refractivity contribution is 0.303. The van der Waals surface area contributed by atoms with Crippen molar-refractivity contribution in [3.8, 4) is 6.07 Å². The number of nitriles is 1. The zero-order valence-corrected chi connectivity index (χ0v) is 9.48. The van der Waals surface area contributed by atoms with Gasteiger partial charge >= 0.3 is 0 Å². The molecule has 84 valence electrons. The van der Waals surface area contributed by atoms with Crippen LogP contribution in [-0.4, -0.2) is 24.8 Å². The highest BCUT2D eigenvalue weighted by molar-refractivity contribution is 5.64. The Morgan fingerprint density at radius 1 is 1.56 bits per heavy atom. The number of hydrogen-bond donors (Lipinski definition) is 1. The first-order valence-corrected chi connectivity index (χ1v) is 5.21. The van der Waals surface area contributed by atoms with E-state index in [0.717, 1.165) is 11.3 Å². The standard InChI is InChI=1S/C13H16N2O/c1-3-7-15(8-9-16)13-11(2)5-4-6-12(13)10-14/h3-6,16H,1,7-9H2,2H3. The van der Waals surface area contributed by atoms with E-state index >= 15 is 0 Å². The van der Waals surface area contributed by atoms with Crippen LogP contribution < -0.4 is 4.90 Å². The van der Waals surface area contributed by atoms with Crippen LogP contribution in [0, 0.1) is 18.3 Å². The highest BCUT2D eigenvalue weighted by Crippen LogP contribution is 2.24. The largest absolute Gasteiger partial charge is 0.395 e. The first-order chi connectivity index (χ1) is 7.74. The molecular formula is C13H16N2O. The third-order valence-corrected chi connectivity index (χ3v) is 2.39. The molecule has 1 aromatic rings. The van der Waals surface area contributed by atoms with Crippen LogP contribution in [0.4, 0.5) is 5.69 Å². The molecule has 0 amide bonds. The molecule has 0 spiro atoms. The quantitative estimate of drug-likeness (QED) is 0.764. The number of benzene rings is 1. The lowest BCUT2D eigenvalue weighted by Crippen LogP contribution is -2.28. The molecule has 0 unspecified atom stereocenters. The van der Waals surface area contributed by atoms with E-state index < -0.39 is 0 Å². The molecule has 0 radical (unpaired) electrons. The molecule has 16 heavy (non-hydrogen) atoms. The minimum atomic E-state index is 0.0625. The van der Waals surface area contributed by atoms with E-state index in [1.807, 2.05) is 24.0 Å². The summed E-state index contributed by atoms with van der Waals surface area (Å²) in [5.74, 6) is 0. The van der Waals surface area contributed by atoms with Gasteiger partial charge < -0.3 is 10.0 Å². The second-order valence-corrected chi connectivity index (χ2v) is 3.54. The van der Waals surface area contributed by atoms with Crippen molar-refractivity contribution in [1.29, 1.82) is 5.26 Å². The van der Waals surface area contributed by atoms with Crippen LogP contribution in [0.15, 0.2) is 30.9 Å². The summed E-state index contributed by atoms with van der Waals surface area (Å²) in [5, 5.41) is 18.1. The molecular weight excluding hydrogens is 200 g/mol. The maximum absolute atomic E-state index is 9.06. The van der Waals surface area contributed by atoms with Gasteiger partial charge in [0.15, 0.2) is 0 Å². The summed E-state index contributed by atoms with van der Waals surface area (Å²) < 4.78 is 0. The van der Waals surface area contributed by atoms with E-state index in [1.54, 1.807) is 12.1 Å². The van der Waals surface area contributed by atoms with Gasteiger partial charge in [-0.15, -0.1) is 6.58 Å². The Kier molecular flexibility index (Phi) is 4.56. The van der Waals surface area contributed by atoms with Crippen molar-refractivity contribution in [2.24, 2.45) is 0 Å². The van der Waals surface area contributed by atoms with Gasteiger partial charge in [0.2, 0.25) is 0 Å². The summed E-state index contributed by atoms with van der Waals surface area (Å²) in [4.78, 5) is 1.96. The number of anilines is 1. The average Bonchev–Trinajstić information content (AvgIpc) is 2.28. The van der Waals surface area contributed by atoms with Crippen LogP contribution in [0.5, 0.6) is 0 Å². The van der Waals surface area contributed by atoms with Crippen molar-refractivity contribution in [2.75, 3.05) is 24.6 Å². The van der Waals surface area contributed by atoms with E-state index in [2.05, 4.69) is 12.6 Å². The normalized spacial score (nSPS) is 9.56. The number of aliphatic hydroxyl groups excluding tert-OH is 1. The molecule has 0 bridgehead atoms. The van der Waals surface area contributed by atoms with Crippen LogP contribution in [0.25, 0.3) is 0 Å². The summed E-state index contributed by atoms with van der Waals surface area (Å²) in [6, 6.07) is 7.79. The Bertz CT molecular complexity index is 407. The summed E-state index contributed by atoms with van der Waals surface area (Å²) in [6.45, 7) is 6.84. The monoisotopic (exact) mass is 216 g/mol. The minimum absolute atomic E-state index is 0.0625. The van der Waals surface area contributed by atoms with Crippen LogP contribution in [-0.2, 0) is 0 Å². The highest BCUT2D eigenvalue weighted by Gasteiger charge is 2.11. The van der Waals surface area contributed by atoms with Crippen LogP contribution in [0.1, 0.15) is 11.1 Å². The second-order valence-electron chi connectivity index (χ2n) is 3.54. The van der Waals surface area contributed by atoms with Gasteiger partial charge in [-0.05, 0) is 18.6 Å². The van der Waals surface area contributed by atoms with Gasteiger partial charge in [-0.1, -0.05) is 18.2 Å². The topological polar surface area (TPSA) is 47.3 Å². The van der Waals surface area contributed by atoms with Crippen LogP contribution in [0.3, 0.4) is 0 Å². The lowest BCUT2D eigenvalue weighted by atomic mass is 10.1. The fraction of sp³-hybridized carbons (Fsp3) is 0.308. The van der Waals surface area contributed by atoms with Crippen molar-refractivity contribution in [2.45, 2.75) is 6.92 Å². The molecule has 0 aliphatic rings. The summed E-state index contributed by atoms with van der Waals surface area (Å²) in [6.07, 6.45) is 1.77. The predicted octanol–water partition coefficient (Wildman–Crippen LogP) is 1.85. The Labute approximate surface area is 96.2 Å². The molecule has 1 rings (SSSR count). The molecule has 1 aromatic carbocycles. The number of aryl methyl sites for hydroxylation is 1. The van der Waals surface area contributed by atoms with Gasteiger partial charge in [-0.3, -0.25) is 0 Å². The third-order valence-electron chi connectivity index (χ3n) is 2.39. The van der Waals surface area contributed by atoms with Gasteiger partial charge in [-0.2, -0.15) is 5.26 Å². The zero-order valence-electron chi connectivity index (χ0n) is 9.48. The Morgan fingerprint density at radius 3 is 2.88 bits per heavy atom. The molecule has 0 aliphatic carbocycles. The maximum Gasteiger partial charge on any atom is 0.101 e. The van der Waals surface area contributed by atoms with Crippen LogP contribution >= 0.6 is 0 Å². The molecule has 1 N–H and O–H groups in total. The molecule has 0 aliphatic heterocycles. The van der Waals surface area contributed by atoms with E-state index in [-0.39, 0.29) is 6.61 Å². The van der Waals surface area contributed by atoms with E-state index in [1.165, 1.54) is 0 Å². The van der Waals surface area contributed by atoms with Crippen molar-refractivity contribution in [3.63, 3.8) is 0 Å². The fourth-order valence-corrected chi connectivity index (χ4v) is 1.74. The zero-order chi connectivity index (χ0) is 12.0. The molecule has 3 nitrogen and oxygen atoms in total. The van der Waals surface area contributed by atoms with Gasteiger partial charge in [0, 0.05) is 13.1 Å². The first kappa shape index (κ1) is 12.3. The summed E-state index contributed by atoms with van der Waals surface area (Å²) in [5.41, 5.74) is 2.56. The molecule has 0 saturated heterocycles. The van der Waals surface area contributed by atoms with Crippen LogP contribution in [0.2, 0.25) is 0 Å². The van der Waals surface area contributed by atoms with E-state index in [4.69, 9.17) is 10.4 Å². The van der Waals surface area contributed by atoms with Gasteiger partial charge in [0.05, 0.1) is 17.9 Å². The molecule has 0 atom stereocenters. The molecule has 0 saturated carbocycles. The Morgan fingerprint density at radius 2 is 2.31 bits per heavy atom. The summed E-state index contributed by atoms with van der Waals surface area (Å²) in [7, 11) is 0. The third kappa shape index (κ3) is 2.62. The summed E-state index contributed by atoms with van der Waals surface area (Å²) >= 11 is 0. The first-order valence-electron chi connectivity index (χ1n) is 5.21. The predicted molar refractivity (Wildman–Crippen MR) is 65.4 cm³/mol. The smallest absolute Gasteiger partial charge is 0.101 e. The number of aliphatic hydroxyl groups is 1. The number of para-hydroxylation sites is 1. The van der Waals surface area contributed by atoms with E-state index in [9.17, 15) is 0 Å². The van der Waals surface area contributed by atoms with Gasteiger partial charge in [0.25, 0.3) is 0 Å². The van der Waals surface area contributed by atoms with E-state index in [0.29, 0.717) is 18.7 Å². The van der Waals surface area contributed by atoms with Crippen molar-refractivity contribution < 1.29 is 5.11 Å². The minimum Gasteiger partial charge on any atom is -0.395 e. The maximum atomic E-state index is 9.06. The lowest BCUT2D eigenvalue weighted by Gasteiger charge is -2.25. The Balaban J connectivity index is 3.16. The van der Waals surface area contributed by atoms with Gasteiger partial charge in [-0.25, -0.2) is 0 Å². The fourth-order valence-electron chi connectivity index (χ4n) is 1.74. The molecule has 0 aromatic heterocycles.